The Morgan fingerprint density at radius 1 is 1.21 bits per heavy atom. The molecule has 0 unspecified atom stereocenters. The van der Waals surface area contributed by atoms with Crippen molar-refractivity contribution in [2.75, 3.05) is 13.7 Å². The number of rotatable bonds is 7. The fourth-order valence-corrected chi connectivity index (χ4v) is 3.60. The number of carbonyl (C=O) groups excluding carboxylic acids is 1. The van der Waals surface area contributed by atoms with Gasteiger partial charge in [-0.3, -0.25) is 10.1 Å². The zero-order valence-electron chi connectivity index (χ0n) is 17.6. The van der Waals surface area contributed by atoms with Crippen LogP contribution in [0.15, 0.2) is 42.6 Å². The molecule has 0 bridgehead atoms. The molecule has 2 heterocycles. The summed E-state index contributed by atoms with van der Waals surface area (Å²) in [5.74, 6) is 0.798. The molecule has 4 rings (SSSR count). The Labute approximate surface area is 192 Å². The molecule has 170 valence electrons. The number of nitro groups is 1. The third kappa shape index (κ3) is 4.52. The number of pyridine rings is 1. The molecule has 0 saturated carbocycles. The molecular formula is C22H18ClN3O7. The third-order valence-electron chi connectivity index (χ3n) is 4.75. The van der Waals surface area contributed by atoms with E-state index in [-0.39, 0.29) is 35.6 Å². The molecule has 2 aromatic heterocycles. The molecule has 0 amide bonds. The zero-order chi connectivity index (χ0) is 23.5. The average Bonchev–Trinajstić information content (AvgIpc) is 3.15. The first kappa shape index (κ1) is 22.3. The molecule has 0 fully saturated rings. The van der Waals surface area contributed by atoms with Gasteiger partial charge in [0, 0.05) is 35.5 Å². The molecule has 2 aromatic carbocycles. The summed E-state index contributed by atoms with van der Waals surface area (Å²) >= 11 is 6.16. The van der Waals surface area contributed by atoms with E-state index in [1.165, 1.54) is 25.3 Å². The highest BCUT2D eigenvalue weighted by Crippen LogP contribution is 2.37. The largest absolute Gasteiger partial charge is 0.515 e. The maximum Gasteiger partial charge on any atom is 0.515 e. The number of fused-ring (bicyclic) bond motifs is 3. The molecular weight excluding hydrogens is 454 g/mol. The van der Waals surface area contributed by atoms with Crippen LogP contribution in [0.4, 0.5) is 10.5 Å². The van der Waals surface area contributed by atoms with Gasteiger partial charge in [-0.1, -0.05) is 11.6 Å². The smallest absolute Gasteiger partial charge is 0.456 e. The SMILES string of the molecule is CCOC(=O)Oc1ncc2[nH]c3ccc(Oc4ccc([N+](=O)[O-])cc4Cl)cc3c2c1COC. The van der Waals surface area contributed by atoms with E-state index in [2.05, 4.69) is 9.97 Å². The monoisotopic (exact) mass is 471 g/mol. The molecule has 0 aliphatic carbocycles. The highest BCUT2D eigenvalue weighted by Gasteiger charge is 2.19. The van der Waals surface area contributed by atoms with E-state index in [1.54, 1.807) is 25.3 Å². The standard InChI is InChI=1S/C22H18ClN3O7/c1-3-31-22(27)33-21-15(11-30-2)20-14-9-13(5-6-17(14)25-18(20)10-24-21)32-19-7-4-12(26(28)29)8-16(19)23/h4-10,25H,3,11H2,1-2H3. The Hall–Kier alpha value is -3.89. The van der Waals surface area contributed by atoms with Crippen molar-refractivity contribution < 1.29 is 28.7 Å². The fourth-order valence-electron chi connectivity index (χ4n) is 3.39. The molecule has 0 spiro atoms. The van der Waals surface area contributed by atoms with E-state index < -0.39 is 11.1 Å². The second kappa shape index (κ2) is 9.31. The minimum atomic E-state index is -0.863. The number of hydrogen-bond donors (Lipinski definition) is 1. The van der Waals surface area contributed by atoms with Crippen LogP contribution in [0, 0.1) is 10.1 Å². The first-order valence-corrected chi connectivity index (χ1v) is 10.2. The fraction of sp³-hybridized carbons (Fsp3) is 0.182. The summed E-state index contributed by atoms with van der Waals surface area (Å²) in [4.78, 5) is 29.7. The topological polar surface area (TPSA) is 126 Å². The molecule has 10 nitrogen and oxygen atoms in total. The van der Waals surface area contributed by atoms with Gasteiger partial charge in [-0.25, -0.2) is 9.78 Å². The van der Waals surface area contributed by atoms with Gasteiger partial charge < -0.3 is 23.9 Å². The van der Waals surface area contributed by atoms with Crippen LogP contribution in [0.5, 0.6) is 17.4 Å². The lowest BCUT2D eigenvalue weighted by atomic mass is 10.1. The highest BCUT2D eigenvalue weighted by atomic mass is 35.5. The van der Waals surface area contributed by atoms with E-state index in [0.29, 0.717) is 16.8 Å². The number of aromatic nitrogens is 2. The summed E-state index contributed by atoms with van der Waals surface area (Å²) in [6, 6.07) is 9.29. The molecule has 0 saturated heterocycles. The Balaban J connectivity index is 1.78. The summed E-state index contributed by atoms with van der Waals surface area (Å²) < 4.78 is 21.3. The van der Waals surface area contributed by atoms with Crippen molar-refractivity contribution in [1.29, 1.82) is 0 Å². The van der Waals surface area contributed by atoms with Gasteiger partial charge in [0.05, 0.1) is 40.4 Å². The quantitative estimate of drug-likeness (QED) is 0.205. The number of nitrogens with zero attached hydrogens (tertiary/aromatic N) is 2. The van der Waals surface area contributed by atoms with Gasteiger partial charge in [0.2, 0.25) is 5.88 Å². The molecule has 11 heteroatoms. The number of aromatic amines is 1. The lowest BCUT2D eigenvalue weighted by Gasteiger charge is -2.10. The number of non-ortho nitro benzene ring substituents is 1. The Bertz CT molecular complexity index is 1370. The average molecular weight is 472 g/mol. The summed E-state index contributed by atoms with van der Waals surface area (Å²) in [5, 5.41) is 12.5. The van der Waals surface area contributed by atoms with Crippen LogP contribution >= 0.6 is 11.6 Å². The Kier molecular flexibility index (Phi) is 6.29. The predicted octanol–water partition coefficient (Wildman–Crippen LogP) is 5.75. The number of carbonyl (C=O) groups is 1. The number of hydrogen-bond acceptors (Lipinski definition) is 8. The van der Waals surface area contributed by atoms with Gasteiger partial charge in [-0.15, -0.1) is 0 Å². The summed E-state index contributed by atoms with van der Waals surface area (Å²) in [5.41, 5.74) is 1.92. The van der Waals surface area contributed by atoms with Crippen LogP contribution in [0.2, 0.25) is 5.02 Å². The van der Waals surface area contributed by atoms with Gasteiger partial charge in [0.1, 0.15) is 11.5 Å². The van der Waals surface area contributed by atoms with Gasteiger partial charge >= 0.3 is 6.16 Å². The molecule has 1 N–H and O–H groups in total. The molecule has 0 radical (unpaired) electrons. The summed E-state index contributed by atoms with van der Waals surface area (Å²) in [6.45, 7) is 1.97. The second-order valence-corrected chi connectivity index (χ2v) is 7.26. The number of benzene rings is 2. The first-order chi connectivity index (χ1) is 15.9. The predicted molar refractivity (Wildman–Crippen MR) is 120 cm³/mol. The second-order valence-electron chi connectivity index (χ2n) is 6.85. The van der Waals surface area contributed by atoms with Crippen LogP contribution in [0.1, 0.15) is 12.5 Å². The minimum absolute atomic E-state index is 0.0773. The molecule has 0 aliphatic heterocycles. The van der Waals surface area contributed by atoms with Crippen LogP contribution in [0.25, 0.3) is 21.8 Å². The summed E-state index contributed by atoms with van der Waals surface area (Å²) in [6.07, 6.45) is 0.690. The van der Waals surface area contributed by atoms with E-state index >= 15 is 0 Å². The van der Waals surface area contributed by atoms with E-state index in [0.717, 1.165) is 16.3 Å². The van der Waals surface area contributed by atoms with Crippen molar-refractivity contribution in [1.82, 2.24) is 9.97 Å². The van der Waals surface area contributed by atoms with Crippen molar-refractivity contribution in [3.63, 3.8) is 0 Å². The van der Waals surface area contributed by atoms with Crippen molar-refractivity contribution in [2.45, 2.75) is 13.5 Å². The number of halogens is 1. The van der Waals surface area contributed by atoms with E-state index in [9.17, 15) is 14.9 Å². The lowest BCUT2D eigenvalue weighted by molar-refractivity contribution is -0.384. The zero-order valence-corrected chi connectivity index (χ0v) is 18.3. The number of nitrogens with one attached hydrogen (secondary N) is 1. The molecule has 0 aliphatic rings. The van der Waals surface area contributed by atoms with Gasteiger partial charge in [0.25, 0.3) is 5.69 Å². The number of H-pyrrole nitrogens is 1. The minimum Gasteiger partial charge on any atom is -0.456 e. The first-order valence-electron chi connectivity index (χ1n) is 9.80. The number of ether oxygens (including phenoxy) is 4. The Morgan fingerprint density at radius 3 is 2.73 bits per heavy atom. The van der Waals surface area contributed by atoms with Crippen LogP contribution in [-0.4, -0.2) is 34.8 Å². The third-order valence-corrected chi connectivity index (χ3v) is 5.05. The molecule has 0 atom stereocenters. The number of nitro benzene ring substituents is 1. The van der Waals surface area contributed by atoms with Crippen molar-refractivity contribution in [2.24, 2.45) is 0 Å². The normalized spacial score (nSPS) is 11.0. The maximum absolute atomic E-state index is 11.9. The van der Waals surface area contributed by atoms with E-state index in [4.69, 9.17) is 30.5 Å². The van der Waals surface area contributed by atoms with Crippen LogP contribution < -0.4 is 9.47 Å². The maximum atomic E-state index is 11.9. The van der Waals surface area contributed by atoms with Gasteiger partial charge in [-0.2, -0.15) is 0 Å². The van der Waals surface area contributed by atoms with Crippen molar-refractivity contribution in [3.05, 3.63) is 63.3 Å². The van der Waals surface area contributed by atoms with E-state index in [1.807, 2.05) is 6.07 Å². The number of methoxy groups -OCH3 is 1. The van der Waals surface area contributed by atoms with Crippen LogP contribution in [-0.2, 0) is 16.1 Å². The van der Waals surface area contributed by atoms with Crippen molar-refractivity contribution in [3.8, 4) is 17.4 Å². The highest BCUT2D eigenvalue weighted by molar-refractivity contribution is 6.32. The van der Waals surface area contributed by atoms with Crippen LogP contribution in [0.3, 0.4) is 0 Å². The van der Waals surface area contributed by atoms with Gasteiger partial charge in [-0.05, 0) is 31.2 Å². The molecule has 33 heavy (non-hydrogen) atoms. The lowest BCUT2D eigenvalue weighted by Crippen LogP contribution is -2.12. The molecule has 4 aromatic rings. The van der Waals surface area contributed by atoms with Crippen molar-refractivity contribution >= 4 is 45.2 Å². The summed E-state index contributed by atoms with van der Waals surface area (Å²) in [7, 11) is 1.52. The van der Waals surface area contributed by atoms with Gasteiger partial charge in [0.15, 0.2) is 0 Å². The Morgan fingerprint density at radius 2 is 2.03 bits per heavy atom.